The molecule has 1 nitrogen and oxygen atoms in total. The quantitative estimate of drug-likeness (QED) is 0.676. The molecular formula is C18H21ClO. The molecule has 0 aromatic heterocycles. The van der Waals surface area contributed by atoms with Crippen LogP contribution in [-0.4, -0.2) is 12.5 Å². The van der Waals surface area contributed by atoms with Gasteiger partial charge in [0.2, 0.25) is 0 Å². The lowest BCUT2D eigenvalue weighted by Gasteiger charge is -2.15. The fourth-order valence-electron chi connectivity index (χ4n) is 2.23. The van der Waals surface area contributed by atoms with Crippen LogP contribution < -0.4 is 0 Å². The molecule has 0 fully saturated rings. The van der Waals surface area contributed by atoms with Crippen molar-refractivity contribution in [2.45, 2.75) is 20.0 Å². The van der Waals surface area contributed by atoms with Gasteiger partial charge in [-0.3, -0.25) is 0 Å². The van der Waals surface area contributed by atoms with Crippen molar-refractivity contribution < 1.29 is 4.74 Å². The molecule has 0 saturated heterocycles. The van der Waals surface area contributed by atoms with Crippen molar-refractivity contribution in [1.82, 2.24) is 0 Å². The lowest BCUT2D eigenvalue weighted by molar-refractivity contribution is 0.0930. The highest BCUT2D eigenvalue weighted by Gasteiger charge is 2.10. The van der Waals surface area contributed by atoms with Gasteiger partial charge in [-0.05, 0) is 36.0 Å². The van der Waals surface area contributed by atoms with E-state index in [9.17, 15) is 0 Å². The summed E-state index contributed by atoms with van der Waals surface area (Å²) in [7, 11) is 0. The van der Waals surface area contributed by atoms with Gasteiger partial charge in [-0.15, -0.1) is 11.6 Å². The Labute approximate surface area is 126 Å². The molecule has 0 amide bonds. The number of alkyl halides is 1. The van der Waals surface area contributed by atoms with E-state index in [0.29, 0.717) is 25.0 Å². The maximum absolute atomic E-state index is 6.07. The molecule has 0 aliphatic rings. The zero-order valence-electron chi connectivity index (χ0n) is 11.9. The van der Waals surface area contributed by atoms with Crippen LogP contribution in [0.4, 0.5) is 0 Å². The molecule has 0 N–H and O–H groups in total. The van der Waals surface area contributed by atoms with Crippen LogP contribution in [0.5, 0.6) is 0 Å². The second kappa shape index (κ2) is 8.08. The smallest absolute Gasteiger partial charge is 0.0717 e. The molecule has 2 aromatic carbocycles. The summed E-state index contributed by atoms with van der Waals surface area (Å²) in [5, 5.41) is 0. The van der Waals surface area contributed by atoms with E-state index >= 15 is 0 Å². The van der Waals surface area contributed by atoms with Gasteiger partial charge in [-0.2, -0.15) is 0 Å². The Kier molecular flexibility index (Phi) is 6.10. The van der Waals surface area contributed by atoms with Crippen LogP contribution >= 0.6 is 11.6 Å². The second-order valence-corrected chi connectivity index (χ2v) is 5.46. The van der Waals surface area contributed by atoms with Crippen LogP contribution in [0.25, 0.3) is 0 Å². The van der Waals surface area contributed by atoms with Gasteiger partial charge in [-0.25, -0.2) is 0 Å². The Morgan fingerprint density at radius 3 is 2.40 bits per heavy atom. The maximum Gasteiger partial charge on any atom is 0.0717 e. The fourth-order valence-corrected chi connectivity index (χ4v) is 2.42. The molecule has 2 aromatic rings. The van der Waals surface area contributed by atoms with Gasteiger partial charge in [0, 0.05) is 5.88 Å². The molecule has 2 heteroatoms. The van der Waals surface area contributed by atoms with Gasteiger partial charge in [0.1, 0.15) is 0 Å². The summed E-state index contributed by atoms with van der Waals surface area (Å²) >= 11 is 6.07. The van der Waals surface area contributed by atoms with Crippen LogP contribution in [-0.2, 0) is 17.8 Å². The van der Waals surface area contributed by atoms with Crippen LogP contribution in [0.1, 0.15) is 16.7 Å². The van der Waals surface area contributed by atoms with Gasteiger partial charge in [0.05, 0.1) is 13.2 Å². The second-order valence-electron chi connectivity index (χ2n) is 5.15. The molecular weight excluding hydrogens is 268 g/mol. The lowest BCUT2D eigenvalue weighted by Crippen LogP contribution is -2.15. The highest BCUT2D eigenvalue weighted by molar-refractivity contribution is 6.18. The predicted molar refractivity (Wildman–Crippen MR) is 85.2 cm³/mol. The largest absolute Gasteiger partial charge is 0.376 e. The van der Waals surface area contributed by atoms with Gasteiger partial charge in [-0.1, -0.05) is 54.6 Å². The maximum atomic E-state index is 6.07. The molecule has 1 unspecified atom stereocenters. The van der Waals surface area contributed by atoms with E-state index in [4.69, 9.17) is 16.3 Å². The zero-order chi connectivity index (χ0) is 14.2. The standard InChI is InChI=1S/C18H21ClO/c1-15-7-5-6-10-18(15)11-17(12-19)14-20-13-16-8-3-2-4-9-16/h2-10,17H,11-14H2,1H3. The molecule has 106 valence electrons. The summed E-state index contributed by atoms with van der Waals surface area (Å²) in [6.07, 6.45) is 0.977. The summed E-state index contributed by atoms with van der Waals surface area (Å²) in [5.74, 6) is 0.991. The number of aryl methyl sites for hydroxylation is 1. The number of rotatable bonds is 7. The van der Waals surface area contributed by atoms with Crippen LogP contribution in [0, 0.1) is 12.8 Å². The highest BCUT2D eigenvalue weighted by Crippen LogP contribution is 2.15. The molecule has 0 bridgehead atoms. The monoisotopic (exact) mass is 288 g/mol. The molecule has 0 aliphatic heterocycles. The van der Waals surface area contributed by atoms with Crippen molar-refractivity contribution in [2.75, 3.05) is 12.5 Å². The number of hydrogen-bond donors (Lipinski definition) is 0. The molecule has 0 radical (unpaired) electrons. The minimum absolute atomic E-state index is 0.362. The van der Waals surface area contributed by atoms with Crippen molar-refractivity contribution in [2.24, 2.45) is 5.92 Å². The van der Waals surface area contributed by atoms with Crippen molar-refractivity contribution in [3.05, 3.63) is 71.3 Å². The van der Waals surface area contributed by atoms with E-state index in [1.807, 2.05) is 18.2 Å². The summed E-state index contributed by atoms with van der Waals surface area (Å²) in [6, 6.07) is 18.7. The van der Waals surface area contributed by atoms with Crippen molar-refractivity contribution >= 4 is 11.6 Å². The number of hydrogen-bond acceptors (Lipinski definition) is 1. The third-order valence-corrected chi connectivity index (χ3v) is 3.89. The van der Waals surface area contributed by atoms with Crippen molar-refractivity contribution in [3.8, 4) is 0 Å². The van der Waals surface area contributed by atoms with Gasteiger partial charge in [0.25, 0.3) is 0 Å². The summed E-state index contributed by atoms with van der Waals surface area (Å²) < 4.78 is 5.80. The minimum Gasteiger partial charge on any atom is -0.376 e. The molecule has 20 heavy (non-hydrogen) atoms. The number of benzene rings is 2. The first-order valence-electron chi connectivity index (χ1n) is 7.01. The Morgan fingerprint density at radius 2 is 1.70 bits per heavy atom. The van der Waals surface area contributed by atoms with Crippen molar-refractivity contribution in [3.63, 3.8) is 0 Å². The Balaban J connectivity index is 1.82. The van der Waals surface area contributed by atoms with E-state index in [2.05, 4.69) is 43.3 Å². The molecule has 0 heterocycles. The average molecular weight is 289 g/mol. The third kappa shape index (κ3) is 4.66. The molecule has 1 atom stereocenters. The molecule has 2 rings (SSSR count). The van der Waals surface area contributed by atoms with Crippen molar-refractivity contribution in [1.29, 1.82) is 0 Å². The Morgan fingerprint density at radius 1 is 1.00 bits per heavy atom. The average Bonchev–Trinajstić information content (AvgIpc) is 2.49. The van der Waals surface area contributed by atoms with Gasteiger partial charge < -0.3 is 4.74 Å². The zero-order valence-corrected chi connectivity index (χ0v) is 12.6. The van der Waals surface area contributed by atoms with E-state index < -0.39 is 0 Å². The normalized spacial score (nSPS) is 12.3. The number of halogens is 1. The Hall–Kier alpha value is -1.31. The van der Waals surface area contributed by atoms with Gasteiger partial charge in [0.15, 0.2) is 0 Å². The third-order valence-electron chi connectivity index (χ3n) is 3.45. The fraction of sp³-hybridized carbons (Fsp3) is 0.333. The molecule has 0 saturated carbocycles. The van der Waals surface area contributed by atoms with Crippen LogP contribution in [0.15, 0.2) is 54.6 Å². The van der Waals surface area contributed by atoms with Gasteiger partial charge >= 0.3 is 0 Å². The Bertz CT molecular complexity index is 510. The van der Waals surface area contributed by atoms with E-state index in [0.717, 1.165) is 6.42 Å². The minimum atomic E-state index is 0.362. The van der Waals surface area contributed by atoms with E-state index in [-0.39, 0.29) is 0 Å². The molecule has 0 aliphatic carbocycles. The highest BCUT2D eigenvalue weighted by atomic mass is 35.5. The lowest BCUT2D eigenvalue weighted by atomic mass is 9.98. The summed E-state index contributed by atoms with van der Waals surface area (Å²) in [6.45, 7) is 3.50. The SMILES string of the molecule is Cc1ccccc1CC(CCl)COCc1ccccc1. The first kappa shape index (κ1) is 15.1. The van der Waals surface area contributed by atoms with Crippen LogP contribution in [0.3, 0.4) is 0 Å². The number of ether oxygens (including phenoxy) is 1. The summed E-state index contributed by atoms with van der Waals surface area (Å²) in [5.41, 5.74) is 3.89. The first-order valence-corrected chi connectivity index (χ1v) is 7.55. The van der Waals surface area contributed by atoms with E-state index in [1.54, 1.807) is 0 Å². The van der Waals surface area contributed by atoms with Crippen LogP contribution in [0.2, 0.25) is 0 Å². The van der Waals surface area contributed by atoms with E-state index in [1.165, 1.54) is 16.7 Å². The predicted octanol–water partition coefficient (Wildman–Crippen LogP) is 4.61. The summed E-state index contributed by atoms with van der Waals surface area (Å²) in [4.78, 5) is 0. The first-order chi connectivity index (χ1) is 9.79. The topological polar surface area (TPSA) is 9.23 Å². The molecule has 0 spiro atoms.